The largest absolute Gasteiger partial charge is 0.481 e. The van der Waals surface area contributed by atoms with E-state index in [1.807, 2.05) is 31.2 Å². The highest BCUT2D eigenvalue weighted by Crippen LogP contribution is 2.25. The molecular weight excluding hydrogens is 296 g/mol. The first-order chi connectivity index (χ1) is 10.9. The van der Waals surface area contributed by atoms with Crippen molar-refractivity contribution in [2.24, 2.45) is 11.8 Å². The Labute approximate surface area is 135 Å². The number of carboxylic acids is 1. The summed E-state index contributed by atoms with van der Waals surface area (Å²) in [6.45, 7) is 4.42. The summed E-state index contributed by atoms with van der Waals surface area (Å²) in [6, 6.07) is 7.62. The molecule has 2 N–H and O–H groups in total. The monoisotopic (exact) mass is 318 g/mol. The minimum Gasteiger partial charge on any atom is -0.481 e. The highest BCUT2D eigenvalue weighted by atomic mass is 16.4. The molecule has 1 heterocycles. The fourth-order valence-electron chi connectivity index (χ4n) is 2.65. The number of carbonyl (C=O) groups is 3. The number of aliphatic carboxylic acids is 1. The quantitative estimate of drug-likeness (QED) is 0.833. The molecule has 124 valence electrons. The molecule has 0 aromatic heterocycles. The zero-order chi connectivity index (χ0) is 17.0. The van der Waals surface area contributed by atoms with Crippen LogP contribution in [-0.2, 0) is 14.4 Å². The van der Waals surface area contributed by atoms with Gasteiger partial charge in [0.1, 0.15) is 0 Å². The Bertz CT molecular complexity index is 597. The van der Waals surface area contributed by atoms with E-state index in [1.54, 1.807) is 11.8 Å². The first-order valence-electron chi connectivity index (χ1n) is 7.73. The molecule has 23 heavy (non-hydrogen) atoms. The molecule has 0 radical (unpaired) electrons. The summed E-state index contributed by atoms with van der Waals surface area (Å²) in [7, 11) is 0. The van der Waals surface area contributed by atoms with Gasteiger partial charge < -0.3 is 15.3 Å². The van der Waals surface area contributed by atoms with Crippen molar-refractivity contribution in [2.75, 3.05) is 18.0 Å². The normalized spacial score (nSPS) is 18.8. The number of amides is 2. The van der Waals surface area contributed by atoms with E-state index in [2.05, 4.69) is 5.32 Å². The smallest absolute Gasteiger partial charge is 0.303 e. The van der Waals surface area contributed by atoms with E-state index in [1.165, 1.54) is 0 Å². The maximum Gasteiger partial charge on any atom is 0.303 e. The fourth-order valence-corrected chi connectivity index (χ4v) is 2.65. The number of nitrogens with zero attached hydrogens (tertiary/aromatic N) is 1. The minimum absolute atomic E-state index is 0.0133. The van der Waals surface area contributed by atoms with Gasteiger partial charge in [-0.15, -0.1) is 0 Å². The van der Waals surface area contributed by atoms with Crippen LogP contribution in [0.3, 0.4) is 0 Å². The zero-order valence-electron chi connectivity index (χ0n) is 13.4. The van der Waals surface area contributed by atoms with Gasteiger partial charge in [-0.2, -0.15) is 0 Å². The molecule has 1 aliphatic rings. The molecule has 1 fully saturated rings. The van der Waals surface area contributed by atoms with Crippen LogP contribution in [0.1, 0.15) is 25.3 Å². The minimum atomic E-state index is -0.881. The summed E-state index contributed by atoms with van der Waals surface area (Å²) in [5.74, 6) is -1.66. The molecule has 6 nitrogen and oxygen atoms in total. The summed E-state index contributed by atoms with van der Waals surface area (Å²) >= 11 is 0. The van der Waals surface area contributed by atoms with Gasteiger partial charge in [0.05, 0.1) is 5.92 Å². The van der Waals surface area contributed by atoms with E-state index in [0.717, 1.165) is 11.3 Å². The van der Waals surface area contributed by atoms with E-state index < -0.39 is 5.97 Å². The van der Waals surface area contributed by atoms with Gasteiger partial charge in [-0.1, -0.05) is 24.6 Å². The number of hydrogen-bond acceptors (Lipinski definition) is 3. The van der Waals surface area contributed by atoms with Crippen LogP contribution in [-0.4, -0.2) is 36.0 Å². The van der Waals surface area contributed by atoms with Crippen LogP contribution >= 0.6 is 0 Å². The average Bonchev–Trinajstić information content (AvgIpc) is 2.87. The van der Waals surface area contributed by atoms with Crippen molar-refractivity contribution in [1.29, 1.82) is 0 Å². The van der Waals surface area contributed by atoms with Gasteiger partial charge >= 0.3 is 5.97 Å². The lowest BCUT2D eigenvalue weighted by Gasteiger charge is -2.17. The first kappa shape index (κ1) is 17.0. The van der Waals surface area contributed by atoms with Crippen LogP contribution in [0.15, 0.2) is 24.3 Å². The molecule has 6 heteroatoms. The van der Waals surface area contributed by atoms with Gasteiger partial charge in [0.25, 0.3) is 0 Å². The van der Waals surface area contributed by atoms with Crippen LogP contribution in [0.2, 0.25) is 0 Å². The van der Waals surface area contributed by atoms with Crippen LogP contribution in [0.5, 0.6) is 0 Å². The second-order valence-electron chi connectivity index (χ2n) is 6.19. The van der Waals surface area contributed by atoms with Gasteiger partial charge in [-0.05, 0) is 25.0 Å². The van der Waals surface area contributed by atoms with Gasteiger partial charge in [-0.3, -0.25) is 14.4 Å². The Balaban J connectivity index is 1.90. The van der Waals surface area contributed by atoms with Gasteiger partial charge in [-0.25, -0.2) is 0 Å². The topological polar surface area (TPSA) is 86.7 Å². The molecule has 2 amide bonds. The third-order valence-electron chi connectivity index (χ3n) is 3.99. The van der Waals surface area contributed by atoms with Crippen molar-refractivity contribution < 1.29 is 19.5 Å². The third-order valence-corrected chi connectivity index (χ3v) is 3.99. The second-order valence-corrected chi connectivity index (χ2v) is 6.19. The highest BCUT2D eigenvalue weighted by molar-refractivity contribution is 6.00. The van der Waals surface area contributed by atoms with Crippen molar-refractivity contribution in [3.63, 3.8) is 0 Å². The lowest BCUT2D eigenvalue weighted by molar-refractivity contribution is -0.138. The third kappa shape index (κ3) is 4.55. The number of aryl methyl sites for hydroxylation is 1. The summed E-state index contributed by atoms with van der Waals surface area (Å²) in [5, 5.41) is 11.5. The van der Waals surface area contributed by atoms with Crippen molar-refractivity contribution in [2.45, 2.75) is 26.7 Å². The molecule has 2 rings (SSSR count). The van der Waals surface area contributed by atoms with Gasteiger partial charge in [0.2, 0.25) is 11.8 Å². The van der Waals surface area contributed by atoms with Crippen molar-refractivity contribution in [3.8, 4) is 0 Å². The Kier molecular flexibility index (Phi) is 5.36. The highest BCUT2D eigenvalue weighted by Gasteiger charge is 2.35. The van der Waals surface area contributed by atoms with Crippen LogP contribution in [0.4, 0.5) is 5.69 Å². The van der Waals surface area contributed by atoms with Crippen molar-refractivity contribution in [3.05, 3.63) is 29.8 Å². The molecule has 1 aromatic rings. The second kappa shape index (κ2) is 7.26. The number of hydrogen-bond donors (Lipinski definition) is 2. The molecular formula is C17H22N2O4. The molecule has 0 bridgehead atoms. The number of benzene rings is 1. The Morgan fingerprint density at radius 1 is 1.35 bits per heavy atom. The zero-order valence-corrected chi connectivity index (χ0v) is 13.4. The van der Waals surface area contributed by atoms with Crippen molar-refractivity contribution in [1.82, 2.24) is 5.32 Å². The molecule has 1 saturated heterocycles. The van der Waals surface area contributed by atoms with Crippen LogP contribution in [0.25, 0.3) is 0 Å². The predicted molar refractivity (Wildman–Crippen MR) is 86.1 cm³/mol. The van der Waals surface area contributed by atoms with E-state index in [9.17, 15) is 14.4 Å². The lowest BCUT2D eigenvalue weighted by Crippen LogP contribution is -2.35. The average molecular weight is 318 g/mol. The summed E-state index contributed by atoms with van der Waals surface area (Å²) < 4.78 is 0. The van der Waals surface area contributed by atoms with E-state index >= 15 is 0 Å². The van der Waals surface area contributed by atoms with Gasteiger partial charge in [0.15, 0.2) is 0 Å². The standard InChI is InChI=1S/C17H22N2O4/c1-11-3-5-14(6-4-11)19-10-13(8-15(19)20)17(23)18-9-12(2)7-16(21)22/h3-6,12-13H,7-10H2,1-2H3,(H,18,23)(H,21,22). The molecule has 1 aliphatic heterocycles. The Hall–Kier alpha value is -2.37. The fraction of sp³-hybridized carbons (Fsp3) is 0.471. The van der Waals surface area contributed by atoms with Crippen LogP contribution < -0.4 is 10.2 Å². The molecule has 2 unspecified atom stereocenters. The molecule has 2 atom stereocenters. The van der Waals surface area contributed by atoms with E-state index in [-0.39, 0.29) is 36.5 Å². The first-order valence-corrected chi connectivity index (χ1v) is 7.73. The van der Waals surface area contributed by atoms with Crippen molar-refractivity contribution >= 4 is 23.5 Å². The molecule has 0 spiro atoms. The number of anilines is 1. The predicted octanol–water partition coefficient (Wildman–Crippen LogP) is 1.57. The van der Waals surface area contributed by atoms with Crippen LogP contribution in [0, 0.1) is 18.8 Å². The maximum atomic E-state index is 12.2. The number of rotatable bonds is 6. The van der Waals surface area contributed by atoms with E-state index in [4.69, 9.17) is 5.11 Å². The molecule has 0 aliphatic carbocycles. The molecule has 0 saturated carbocycles. The summed E-state index contributed by atoms with van der Waals surface area (Å²) in [5.41, 5.74) is 1.91. The number of carboxylic acid groups (broad SMARTS) is 1. The maximum absolute atomic E-state index is 12.2. The lowest BCUT2D eigenvalue weighted by atomic mass is 10.1. The SMILES string of the molecule is Cc1ccc(N2CC(C(=O)NCC(C)CC(=O)O)CC2=O)cc1. The summed E-state index contributed by atoms with van der Waals surface area (Å²) in [6.07, 6.45) is 0.201. The summed E-state index contributed by atoms with van der Waals surface area (Å²) in [4.78, 5) is 36.5. The number of carbonyl (C=O) groups excluding carboxylic acids is 2. The van der Waals surface area contributed by atoms with E-state index in [0.29, 0.717) is 13.1 Å². The number of nitrogens with one attached hydrogen (secondary N) is 1. The van der Waals surface area contributed by atoms with Gasteiger partial charge in [0, 0.05) is 31.6 Å². The Morgan fingerprint density at radius 2 is 2.00 bits per heavy atom. The molecule has 1 aromatic carbocycles. The Morgan fingerprint density at radius 3 is 2.61 bits per heavy atom.